The minimum atomic E-state index is -0.0574. The molecule has 2 nitrogen and oxygen atoms in total. The molecule has 1 N–H and O–H groups in total. The van der Waals surface area contributed by atoms with Crippen molar-refractivity contribution in [2.24, 2.45) is 0 Å². The molecule has 1 aliphatic heterocycles. The number of rotatable bonds is 1. The minimum Gasteiger partial charge on any atom is -0.356 e. The quantitative estimate of drug-likeness (QED) is 0.854. The molecule has 2 aromatic rings. The van der Waals surface area contributed by atoms with Crippen LogP contribution in [0.2, 0.25) is 0 Å². The van der Waals surface area contributed by atoms with E-state index in [1.165, 1.54) is 5.56 Å². The van der Waals surface area contributed by atoms with Crippen LogP contribution in [-0.2, 0) is 11.3 Å². The first-order chi connectivity index (χ1) is 8.33. The molecular weight excluding hydrogens is 278 g/mol. The number of halogens is 1. The number of fused-ring (bicyclic) bond motifs is 1. The van der Waals surface area contributed by atoms with Crippen molar-refractivity contribution in [2.45, 2.75) is 12.8 Å². The third kappa shape index (κ3) is 2.21. The molecular formula is C14H12BrNO. The Hall–Kier alpha value is -1.32. The largest absolute Gasteiger partial charge is 0.356 e. The fourth-order valence-corrected chi connectivity index (χ4v) is 2.33. The van der Waals surface area contributed by atoms with E-state index in [9.17, 15) is 0 Å². The van der Waals surface area contributed by atoms with Crippen molar-refractivity contribution in [1.29, 1.82) is 0 Å². The Kier molecular flexibility index (Phi) is 2.87. The van der Waals surface area contributed by atoms with E-state index in [0.717, 1.165) is 15.7 Å². The highest BCUT2D eigenvalue weighted by atomic mass is 79.9. The second kappa shape index (κ2) is 4.51. The Morgan fingerprint density at radius 3 is 2.76 bits per heavy atom. The normalized spacial score (nSPS) is 18.3. The van der Waals surface area contributed by atoms with E-state index in [-0.39, 0.29) is 6.23 Å². The highest BCUT2D eigenvalue weighted by molar-refractivity contribution is 9.10. The highest BCUT2D eigenvalue weighted by Gasteiger charge is 2.19. The fourth-order valence-electron chi connectivity index (χ4n) is 1.97. The fraction of sp³-hybridized carbons (Fsp3) is 0.143. The van der Waals surface area contributed by atoms with Gasteiger partial charge in [-0.15, -0.1) is 0 Å². The molecule has 0 radical (unpaired) electrons. The van der Waals surface area contributed by atoms with Gasteiger partial charge in [0, 0.05) is 21.3 Å². The SMILES string of the molecule is Brc1ccc2c(c1)N[C@H](c1ccccc1)OC2. The van der Waals surface area contributed by atoms with Gasteiger partial charge in [-0.05, 0) is 12.1 Å². The first-order valence-electron chi connectivity index (χ1n) is 5.54. The number of ether oxygens (including phenoxy) is 1. The van der Waals surface area contributed by atoms with Crippen LogP contribution in [0.1, 0.15) is 17.4 Å². The molecule has 0 spiro atoms. The molecule has 0 fully saturated rings. The zero-order valence-corrected chi connectivity index (χ0v) is 10.8. The van der Waals surface area contributed by atoms with Gasteiger partial charge >= 0.3 is 0 Å². The predicted molar refractivity (Wildman–Crippen MR) is 71.7 cm³/mol. The second-order valence-electron chi connectivity index (χ2n) is 4.05. The van der Waals surface area contributed by atoms with Gasteiger partial charge in [0.25, 0.3) is 0 Å². The van der Waals surface area contributed by atoms with Crippen molar-refractivity contribution in [2.75, 3.05) is 5.32 Å². The van der Waals surface area contributed by atoms with E-state index in [2.05, 4.69) is 45.5 Å². The molecule has 17 heavy (non-hydrogen) atoms. The lowest BCUT2D eigenvalue weighted by Crippen LogP contribution is -2.20. The van der Waals surface area contributed by atoms with E-state index in [0.29, 0.717) is 6.61 Å². The first-order valence-corrected chi connectivity index (χ1v) is 6.34. The lowest BCUT2D eigenvalue weighted by atomic mass is 10.1. The molecule has 0 aliphatic carbocycles. The van der Waals surface area contributed by atoms with Crippen molar-refractivity contribution in [1.82, 2.24) is 0 Å². The van der Waals surface area contributed by atoms with Crippen LogP contribution in [0.25, 0.3) is 0 Å². The van der Waals surface area contributed by atoms with Crippen LogP contribution in [0.5, 0.6) is 0 Å². The van der Waals surface area contributed by atoms with E-state index >= 15 is 0 Å². The molecule has 1 heterocycles. The summed E-state index contributed by atoms with van der Waals surface area (Å²) in [4.78, 5) is 0. The van der Waals surface area contributed by atoms with Crippen molar-refractivity contribution < 1.29 is 4.74 Å². The summed E-state index contributed by atoms with van der Waals surface area (Å²) < 4.78 is 6.88. The smallest absolute Gasteiger partial charge is 0.154 e. The van der Waals surface area contributed by atoms with E-state index in [1.807, 2.05) is 24.3 Å². The molecule has 0 unspecified atom stereocenters. The molecule has 0 amide bonds. The molecule has 1 atom stereocenters. The van der Waals surface area contributed by atoms with Gasteiger partial charge in [0.1, 0.15) is 0 Å². The second-order valence-corrected chi connectivity index (χ2v) is 4.96. The maximum Gasteiger partial charge on any atom is 0.154 e. The number of benzene rings is 2. The lowest BCUT2D eigenvalue weighted by molar-refractivity contribution is 0.0507. The summed E-state index contributed by atoms with van der Waals surface area (Å²) in [5.41, 5.74) is 3.48. The average molecular weight is 290 g/mol. The topological polar surface area (TPSA) is 21.3 Å². The monoisotopic (exact) mass is 289 g/mol. The number of hydrogen-bond acceptors (Lipinski definition) is 2. The molecule has 0 aromatic heterocycles. The predicted octanol–water partition coefficient (Wildman–Crippen LogP) is 4.09. The molecule has 86 valence electrons. The third-order valence-electron chi connectivity index (χ3n) is 2.87. The molecule has 3 heteroatoms. The Balaban J connectivity index is 1.90. The van der Waals surface area contributed by atoms with Crippen LogP contribution in [0.15, 0.2) is 53.0 Å². The Labute approximate surface area is 109 Å². The number of nitrogens with one attached hydrogen (secondary N) is 1. The van der Waals surface area contributed by atoms with Crippen molar-refractivity contribution >= 4 is 21.6 Å². The summed E-state index contributed by atoms with van der Waals surface area (Å²) in [6, 6.07) is 16.4. The maximum absolute atomic E-state index is 5.80. The van der Waals surface area contributed by atoms with Crippen molar-refractivity contribution in [3.63, 3.8) is 0 Å². The van der Waals surface area contributed by atoms with Gasteiger partial charge in [-0.2, -0.15) is 0 Å². The van der Waals surface area contributed by atoms with Gasteiger partial charge in [-0.1, -0.05) is 52.3 Å². The van der Waals surface area contributed by atoms with Crippen LogP contribution < -0.4 is 5.32 Å². The average Bonchev–Trinajstić information content (AvgIpc) is 2.39. The molecule has 1 aliphatic rings. The van der Waals surface area contributed by atoms with Crippen LogP contribution in [0.3, 0.4) is 0 Å². The Bertz CT molecular complexity index is 527. The third-order valence-corrected chi connectivity index (χ3v) is 3.36. The summed E-state index contributed by atoms with van der Waals surface area (Å²) in [5, 5.41) is 3.40. The standard InChI is InChI=1S/C14H12BrNO/c15-12-7-6-11-9-17-14(16-13(11)8-12)10-4-2-1-3-5-10/h1-8,14,16H,9H2/t14-/m0/s1. The van der Waals surface area contributed by atoms with Crippen LogP contribution in [0.4, 0.5) is 5.69 Å². The molecule has 0 saturated heterocycles. The van der Waals surface area contributed by atoms with Crippen LogP contribution in [-0.4, -0.2) is 0 Å². The maximum atomic E-state index is 5.80. The zero-order chi connectivity index (χ0) is 11.7. The highest BCUT2D eigenvalue weighted by Crippen LogP contribution is 2.32. The molecule has 0 bridgehead atoms. The van der Waals surface area contributed by atoms with Crippen LogP contribution >= 0.6 is 15.9 Å². The molecule has 2 aromatic carbocycles. The van der Waals surface area contributed by atoms with Gasteiger partial charge in [0.15, 0.2) is 6.23 Å². The summed E-state index contributed by atoms with van der Waals surface area (Å²) in [6.45, 7) is 0.648. The lowest BCUT2D eigenvalue weighted by Gasteiger charge is -2.27. The zero-order valence-electron chi connectivity index (χ0n) is 9.19. The first kappa shape index (κ1) is 10.8. The van der Waals surface area contributed by atoms with Gasteiger partial charge in [0.05, 0.1) is 6.61 Å². The number of anilines is 1. The molecule has 0 saturated carbocycles. The van der Waals surface area contributed by atoms with Crippen molar-refractivity contribution in [3.05, 3.63) is 64.1 Å². The summed E-state index contributed by atoms with van der Waals surface area (Å²) in [7, 11) is 0. The van der Waals surface area contributed by atoms with E-state index in [4.69, 9.17) is 4.74 Å². The summed E-state index contributed by atoms with van der Waals surface area (Å²) >= 11 is 3.49. The minimum absolute atomic E-state index is 0.0574. The molecule has 3 rings (SSSR count). The van der Waals surface area contributed by atoms with Gasteiger partial charge in [-0.25, -0.2) is 0 Å². The van der Waals surface area contributed by atoms with Gasteiger partial charge in [-0.3, -0.25) is 0 Å². The van der Waals surface area contributed by atoms with Gasteiger partial charge < -0.3 is 10.1 Å². The van der Waals surface area contributed by atoms with Crippen LogP contribution in [0, 0.1) is 0 Å². The Morgan fingerprint density at radius 2 is 1.94 bits per heavy atom. The Morgan fingerprint density at radius 1 is 1.12 bits per heavy atom. The number of hydrogen-bond donors (Lipinski definition) is 1. The summed E-state index contributed by atoms with van der Waals surface area (Å²) in [6.07, 6.45) is -0.0574. The van der Waals surface area contributed by atoms with Crippen molar-refractivity contribution in [3.8, 4) is 0 Å². The van der Waals surface area contributed by atoms with E-state index < -0.39 is 0 Å². The van der Waals surface area contributed by atoms with Gasteiger partial charge in [0.2, 0.25) is 0 Å². The summed E-state index contributed by atoms with van der Waals surface area (Å²) in [5.74, 6) is 0. The van der Waals surface area contributed by atoms with E-state index in [1.54, 1.807) is 0 Å².